The summed E-state index contributed by atoms with van der Waals surface area (Å²) in [6.07, 6.45) is -1.53. The molecule has 0 spiro atoms. The summed E-state index contributed by atoms with van der Waals surface area (Å²) in [6, 6.07) is 0. The van der Waals surface area contributed by atoms with Gasteiger partial charge in [0.2, 0.25) is 11.6 Å². The summed E-state index contributed by atoms with van der Waals surface area (Å²) in [5.41, 5.74) is 6.39. The maximum absolute atomic E-state index is 12.2. The SMILES string of the molecule is CNC(=O)C1OC(n2cnc3c(N)nc(C#CCN(C)C(=O)c4cnco4)nc32)[C@H](O)[C@@H]1O. The van der Waals surface area contributed by atoms with Crippen LogP contribution in [0.2, 0.25) is 0 Å². The van der Waals surface area contributed by atoms with E-state index in [-0.39, 0.29) is 35.1 Å². The zero-order valence-electron chi connectivity index (χ0n) is 17.5. The summed E-state index contributed by atoms with van der Waals surface area (Å²) in [7, 11) is 2.93. The number of hydrogen-bond acceptors (Lipinski definition) is 11. The number of oxazole rings is 1. The number of fused-ring (bicyclic) bond motifs is 1. The molecular weight excluding hydrogens is 436 g/mol. The number of aromatic nitrogens is 5. The number of nitrogens with zero attached hydrogens (tertiary/aromatic N) is 6. The number of likely N-dealkylation sites (N-methyl/N-ethyl adjacent to an activating group) is 1. The van der Waals surface area contributed by atoms with E-state index in [1.54, 1.807) is 7.05 Å². The van der Waals surface area contributed by atoms with E-state index in [2.05, 4.69) is 37.1 Å². The standard InChI is InChI=1S/C19H20N8O6/c1-21-17(30)14-12(28)13(29)19(33-14)27-7-23-11-15(20)24-10(25-16(11)27)4-3-5-26(2)18(31)9-6-22-8-32-9/h6-8,12-14,19,28-29H,5H2,1-2H3,(H,21,30)(H2,20,24,25)/t12-,13+,14?,19?/m0/s1. The number of hydrogen-bond donors (Lipinski definition) is 4. The number of imidazole rings is 1. The highest BCUT2D eigenvalue weighted by molar-refractivity contribution is 5.91. The van der Waals surface area contributed by atoms with Crippen molar-refractivity contribution < 1.29 is 29.0 Å². The van der Waals surface area contributed by atoms with Crippen molar-refractivity contribution in [2.75, 3.05) is 26.4 Å². The van der Waals surface area contributed by atoms with Gasteiger partial charge in [-0.1, -0.05) is 5.92 Å². The molecule has 14 nitrogen and oxygen atoms in total. The van der Waals surface area contributed by atoms with Crippen LogP contribution in [-0.4, -0.2) is 90.4 Å². The number of amides is 2. The van der Waals surface area contributed by atoms with Gasteiger partial charge in [0, 0.05) is 14.1 Å². The molecule has 4 atom stereocenters. The monoisotopic (exact) mass is 456 g/mol. The van der Waals surface area contributed by atoms with E-state index in [1.807, 2.05) is 0 Å². The highest BCUT2D eigenvalue weighted by atomic mass is 16.6. The van der Waals surface area contributed by atoms with Gasteiger partial charge in [-0.2, -0.15) is 0 Å². The molecule has 1 fully saturated rings. The van der Waals surface area contributed by atoms with Gasteiger partial charge in [0.05, 0.1) is 19.1 Å². The molecule has 0 radical (unpaired) electrons. The molecular formula is C19H20N8O6. The zero-order valence-corrected chi connectivity index (χ0v) is 17.5. The molecule has 14 heteroatoms. The van der Waals surface area contributed by atoms with Crippen molar-refractivity contribution in [2.24, 2.45) is 0 Å². The van der Waals surface area contributed by atoms with Crippen molar-refractivity contribution >= 4 is 28.8 Å². The summed E-state index contributed by atoms with van der Waals surface area (Å²) in [5, 5.41) is 23.0. The molecule has 1 saturated heterocycles. The van der Waals surface area contributed by atoms with E-state index in [0.29, 0.717) is 0 Å². The van der Waals surface area contributed by atoms with Crippen LogP contribution in [0.4, 0.5) is 5.82 Å². The average molecular weight is 456 g/mol. The Morgan fingerprint density at radius 3 is 2.82 bits per heavy atom. The molecule has 0 saturated carbocycles. The van der Waals surface area contributed by atoms with Crippen molar-refractivity contribution in [2.45, 2.75) is 24.5 Å². The molecule has 4 heterocycles. The van der Waals surface area contributed by atoms with Crippen LogP contribution in [0, 0.1) is 11.8 Å². The highest BCUT2D eigenvalue weighted by Crippen LogP contribution is 2.32. The molecule has 0 aliphatic carbocycles. The number of carbonyl (C=O) groups excluding carboxylic acids is 2. The number of anilines is 1. The second-order valence-electron chi connectivity index (χ2n) is 7.13. The molecule has 3 aromatic rings. The molecule has 33 heavy (non-hydrogen) atoms. The first-order valence-electron chi connectivity index (χ1n) is 9.68. The maximum atomic E-state index is 12.2. The lowest BCUT2D eigenvalue weighted by Crippen LogP contribution is -2.41. The summed E-state index contributed by atoms with van der Waals surface area (Å²) in [4.78, 5) is 41.6. The van der Waals surface area contributed by atoms with Crippen molar-refractivity contribution in [1.29, 1.82) is 0 Å². The van der Waals surface area contributed by atoms with Crippen LogP contribution in [0.25, 0.3) is 11.2 Å². The Bertz CT molecular complexity index is 1250. The van der Waals surface area contributed by atoms with Crippen LogP contribution in [-0.2, 0) is 9.53 Å². The first-order chi connectivity index (χ1) is 15.8. The quantitative estimate of drug-likeness (QED) is 0.314. The smallest absolute Gasteiger partial charge is 0.291 e. The highest BCUT2D eigenvalue weighted by Gasteiger charge is 2.47. The second kappa shape index (κ2) is 8.82. The summed E-state index contributed by atoms with van der Waals surface area (Å²) < 4.78 is 11.9. The van der Waals surface area contributed by atoms with E-state index in [9.17, 15) is 19.8 Å². The van der Waals surface area contributed by atoms with Gasteiger partial charge in [-0.05, 0) is 5.92 Å². The Morgan fingerprint density at radius 1 is 1.33 bits per heavy atom. The van der Waals surface area contributed by atoms with Gasteiger partial charge in [0.15, 0.2) is 30.2 Å². The van der Waals surface area contributed by atoms with Crippen LogP contribution in [0.3, 0.4) is 0 Å². The predicted molar refractivity (Wildman–Crippen MR) is 110 cm³/mol. The number of aliphatic hydroxyl groups is 2. The Hall–Kier alpha value is -4.06. The lowest BCUT2D eigenvalue weighted by molar-refractivity contribution is -0.137. The van der Waals surface area contributed by atoms with Gasteiger partial charge < -0.3 is 35.3 Å². The molecule has 4 rings (SSSR count). The first kappa shape index (κ1) is 22.1. The largest absolute Gasteiger partial charge is 0.438 e. The minimum absolute atomic E-state index is 0.0324. The van der Waals surface area contributed by atoms with E-state index in [1.165, 1.54) is 29.0 Å². The average Bonchev–Trinajstić information content (AvgIpc) is 3.54. The van der Waals surface area contributed by atoms with Crippen LogP contribution < -0.4 is 11.1 Å². The molecule has 2 amide bonds. The number of nitrogens with two attached hydrogens (primary N) is 1. The Morgan fingerprint density at radius 2 is 2.12 bits per heavy atom. The molecule has 1 aliphatic heterocycles. The summed E-state index contributed by atoms with van der Waals surface area (Å²) in [5.74, 6) is 4.67. The number of nitrogens with one attached hydrogen (secondary N) is 1. The second-order valence-corrected chi connectivity index (χ2v) is 7.13. The fourth-order valence-corrected chi connectivity index (χ4v) is 3.25. The number of carbonyl (C=O) groups is 2. The molecule has 5 N–H and O–H groups in total. The minimum Gasteiger partial charge on any atom is -0.438 e. The van der Waals surface area contributed by atoms with Crippen molar-refractivity contribution in [3.05, 3.63) is 30.5 Å². The number of nitrogen functional groups attached to an aromatic ring is 1. The number of aliphatic hydroxyl groups excluding tert-OH is 2. The molecule has 2 unspecified atom stereocenters. The van der Waals surface area contributed by atoms with Crippen LogP contribution in [0.1, 0.15) is 22.6 Å². The third-order valence-electron chi connectivity index (χ3n) is 4.97. The van der Waals surface area contributed by atoms with Gasteiger partial charge >= 0.3 is 0 Å². The van der Waals surface area contributed by atoms with Crippen LogP contribution in [0.15, 0.2) is 23.3 Å². The van der Waals surface area contributed by atoms with E-state index in [0.717, 1.165) is 6.39 Å². The topological polar surface area (TPSA) is 195 Å². The van der Waals surface area contributed by atoms with Crippen molar-refractivity contribution in [1.82, 2.24) is 34.7 Å². The molecule has 0 aromatic carbocycles. The van der Waals surface area contributed by atoms with E-state index < -0.39 is 36.4 Å². The maximum Gasteiger partial charge on any atom is 0.291 e. The van der Waals surface area contributed by atoms with Crippen molar-refractivity contribution in [3.63, 3.8) is 0 Å². The van der Waals surface area contributed by atoms with Crippen molar-refractivity contribution in [3.8, 4) is 11.8 Å². The summed E-state index contributed by atoms with van der Waals surface area (Å²) in [6.45, 7) is 0.0462. The normalized spacial score (nSPS) is 22.1. The lowest BCUT2D eigenvalue weighted by Gasteiger charge is -2.16. The lowest BCUT2D eigenvalue weighted by atomic mass is 10.1. The Balaban J connectivity index is 1.58. The number of ether oxygens (including phenoxy) is 1. The number of rotatable bonds is 4. The summed E-state index contributed by atoms with van der Waals surface area (Å²) >= 11 is 0. The predicted octanol–water partition coefficient (Wildman–Crippen LogP) is -2.11. The Labute approximate surface area is 186 Å². The minimum atomic E-state index is -1.46. The van der Waals surface area contributed by atoms with Gasteiger partial charge in [0.25, 0.3) is 11.8 Å². The van der Waals surface area contributed by atoms with E-state index in [4.69, 9.17) is 14.9 Å². The van der Waals surface area contributed by atoms with E-state index >= 15 is 0 Å². The molecule has 1 aliphatic rings. The van der Waals surface area contributed by atoms with Gasteiger partial charge in [0.1, 0.15) is 17.7 Å². The Kier molecular flexibility index (Phi) is 5.92. The van der Waals surface area contributed by atoms with Gasteiger partial charge in [-0.15, -0.1) is 0 Å². The molecule has 0 bridgehead atoms. The van der Waals surface area contributed by atoms with Gasteiger partial charge in [-0.25, -0.2) is 19.9 Å². The van der Waals surface area contributed by atoms with Crippen LogP contribution >= 0.6 is 0 Å². The fraction of sp³-hybridized carbons (Fsp3) is 0.368. The fourth-order valence-electron chi connectivity index (χ4n) is 3.25. The molecule has 172 valence electrons. The first-order valence-corrected chi connectivity index (χ1v) is 9.68. The zero-order chi connectivity index (χ0) is 23.7. The van der Waals surface area contributed by atoms with Crippen LogP contribution in [0.5, 0.6) is 0 Å². The molecule has 3 aromatic heterocycles. The third kappa shape index (κ3) is 4.07. The van der Waals surface area contributed by atoms with Gasteiger partial charge in [-0.3, -0.25) is 14.2 Å². The third-order valence-corrected chi connectivity index (χ3v) is 4.97.